The monoisotopic (exact) mass is 231 g/mol. The van der Waals surface area contributed by atoms with Crippen molar-refractivity contribution in [2.75, 3.05) is 11.9 Å². The van der Waals surface area contributed by atoms with Gasteiger partial charge < -0.3 is 11.1 Å². The van der Waals surface area contributed by atoms with Crippen LogP contribution in [-0.4, -0.2) is 21.5 Å². The highest BCUT2D eigenvalue weighted by Crippen LogP contribution is 2.11. The number of benzene rings is 1. The molecule has 5 nitrogen and oxygen atoms in total. The first-order valence-corrected chi connectivity index (χ1v) is 5.74. The van der Waals surface area contributed by atoms with Crippen LogP contribution in [0.3, 0.4) is 0 Å². The van der Waals surface area contributed by atoms with Gasteiger partial charge in [-0.15, -0.1) is 5.10 Å². The topological polar surface area (TPSA) is 68.8 Å². The van der Waals surface area contributed by atoms with E-state index < -0.39 is 0 Å². The van der Waals surface area contributed by atoms with Gasteiger partial charge in [0.1, 0.15) is 5.82 Å². The van der Waals surface area contributed by atoms with Crippen molar-refractivity contribution in [2.24, 2.45) is 5.73 Å². The molecule has 0 spiro atoms. The summed E-state index contributed by atoms with van der Waals surface area (Å²) in [5.41, 5.74) is 7.21. The highest BCUT2D eigenvalue weighted by Gasteiger charge is 2.07. The summed E-state index contributed by atoms with van der Waals surface area (Å²) in [6.07, 6.45) is 1.71. The summed E-state index contributed by atoms with van der Waals surface area (Å²) in [6.45, 7) is 3.48. The van der Waals surface area contributed by atoms with Gasteiger partial charge in [0.15, 0.2) is 0 Å². The molecule has 1 aromatic heterocycles. The van der Waals surface area contributed by atoms with E-state index in [0.29, 0.717) is 6.54 Å². The molecule has 0 amide bonds. The van der Waals surface area contributed by atoms with Crippen LogP contribution in [0.5, 0.6) is 0 Å². The molecule has 1 heterocycles. The molecule has 2 aromatic rings. The zero-order valence-corrected chi connectivity index (χ0v) is 9.87. The molecule has 0 radical (unpaired) electrons. The fraction of sp³-hybridized carbons (Fsp3) is 0.333. The van der Waals surface area contributed by atoms with E-state index in [1.165, 1.54) is 0 Å². The second-order valence-electron chi connectivity index (χ2n) is 3.83. The van der Waals surface area contributed by atoms with E-state index in [9.17, 15) is 0 Å². The van der Waals surface area contributed by atoms with Gasteiger partial charge in [-0.3, -0.25) is 0 Å². The standard InChI is InChI=1S/C12H17N5/c1-2-17-12(9-15-16-17)14-8-11(13)10-6-4-3-5-7-10/h3-7,9,11,14H,2,8,13H2,1H3. The second-order valence-corrected chi connectivity index (χ2v) is 3.83. The molecule has 3 N–H and O–H groups in total. The van der Waals surface area contributed by atoms with Crippen LogP contribution in [0.15, 0.2) is 36.5 Å². The minimum atomic E-state index is -0.0311. The Hall–Kier alpha value is -1.88. The predicted molar refractivity (Wildman–Crippen MR) is 67.6 cm³/mol. The lowest BCUT2D eigenvalue weighted by molar-refractivity contribution is 0.627. The molecule has 0 saturated carbocycles. The van der Waals surface area contributed by atoms with Gasteiger partial charge in [0.2, 0.25) is 0 Å². The van der Waals surface area contributed by atoms with Crippen LogP contribution in [0.2, 0.25) is 0 Å². The SMILES string of the molecule is CCn1nncc1NCC(N)c1ccccc1. The Kier molecular flexibility index (Phi) is 3.72. The Morgan fingerprint density at radius 2 is 2.12 bits per heavy atom. The van der Waals surface area contributed by atoms with Crippen LogP contribution in [0.25, 0.3) is 0 Å². The third kappa shape index (κ3) is 2.82. The van der Waals surface area contributed by atoms with Crippen molar-refractivity contribution in [1.29, 1.82) is 0 Å². The molecule has 0 aliphatic carbocycles. The molecule has 90 valence electrons. The third-order valence-corrected chi connectivity index (χ3v) is 2.65. The number of hydrogen-bond acceptors (Lipinski definition) is 4. The number of aryl methyl sites for hydroxylation is 1. The first-order valence-electron chi connectivity index (χ1n) is 5.74. The summed E-state index contributed by atoms with van der Waals surface area (Å²) in [6, 6.07) is 10.00. The first-order chi connectivity index (χ1) is 8.31. The van der Waals surface area contributed by atoms with E-state index in [2.05, 4.69) is 15.6 Å². The van der Waals surface area contributed by atoms with Crippen molar-refractivity contribution in [2.45, 2.75) is 19.5 Å². The Bertz CT molecular complexity index is 451. The van der Waals surface area contributed by atoms with Crippen LogP contribution in [0, 0.1) is 0 Å². The van der Waals surface area contributed by atoms with Gasteiger partial charge in [-0.05, 0) is 12.5 Å². The van der Waals surface area contributed by atoms with Gasteiger partial charge in [-0.1, -0.05) is 35.5 Å². The predicted octanol–water partition coefficient (Wildman–Crippen LogP) is 1.41. The Morgan fingerprint density at radius 3 is 2.82 bits per heavy atom. The van der Waals surface area contributed by atoms with Crippen LogP contribution < -0.4 is 11.1 Å². The maximum absolute atomic E-state index is 6.09. The van der Waals surface area contributed by atoms with Gasteiger partial charge in [-0.25, -0.2) is 4.68 Å². The maximum atomic E-state index is 6.09. The lowest BCUT2D eigenvalue weighted by Crippen LogP contribution is -2.21. The molecule has 0 bridgehead atoms. The fourth-order valence-electron chi connectivity index (χ4n) is 1.66. The zero-order valence-electron chi connectivity index (χ0n) is 9.87. The maximum Gasteiger partial charge on any atom is 0.144 e. The summed E-state index contributed by atoms with van der Waals surface area (Å²) in [5.74, 6) is 0.902. The van der Waals surface area contributed by atoms with Crippen LogP contribution in [0.4, 0.5) is 5.82 Å². The molecule has 1 atom stereocenters. The molecule has 17 heavy (non-hydrogen) atoms. The van der Waals surface area contributed by atoms with Gasteiger partial charge in [0.25, 0.3) is 0 Å². The van der Waals surface area contributed by atoms with E-state index in [4.69, 9.17) is 5.73 Å². The van der Waals surface area contributed by atoms with E-state index in [1.807, 2.05) is 37.3 Å². The van der Waals surface area contributed by atoms with Crippen LogP contribution >= 0.6 is 0 Å². The average Bonchev–Trinajstić information content (AvgIpc) is 2.84. The summed E-state index contributed by atoms with van der Waals surface area (Å²) >= 11 is 0. The van der Waals surface area contributed by atoms with Crippen molar-refractivity contribution in [1.82, 2.24) is 15.0 Å². The lowest BCUT2D eigenvalue weighted by atomic mass is 10.1. The average molecular weight is 231 g/mol. The summed E-state index contributed by atoms with van der Waals surface area (Å²) in [4.78, 5) is 0. The highest BCUT2D eigenvalue weighted by molar-refractivity contribution is 5.32. The summed E-state index contributed by atoms with van der Waals surface area (Å²) in [5, 5.41) is 11.1. The lowest BCUT2D eigenvalue weighted by Gasteiger charge is -2.13. The molecule has 0 aliphatic rings. The second kappa shape index (κ2) is 5.45. The Balaban J connectivity index is 1.95. The largest absolute Gasteiger partial charge is 0.367 e. The van der Waals surface area contributed by atoms with Gasteiger partial charge >= 0.3 is 0 Å². The van der Waals surface area contributed by atoms with Crippen molar-refractivity contribution < 1.29 is 0 Å². The van der Waals surface area contributed by atoms with Crippen molar-refractivity contribution in [3.63, 3.8) is 0 Å². The molecular formula is C12H17N5. The molecule has 1 aromatic carbocycles. The minimum absolute atomic E-state index is 0.0311. The number of rotatable bonds is 5. The Morgan fingerprint density at radius 1 is 1.35 bits per heavy atom. The molecule has 2 rings (SSSR count). The van der Waals surface area contributed by atoms with E-state index >= 15 is 0 Å². The number of hydrogen-bond donors (Lipinski definition) is 2. The highest BCUT2D eigenvalue weighted by atomic mass is 15.4. The fourth-order valence-corrected chi connectivity index (χ4v) is 1.66. The number of nitrogens with one attached hydrogen (secondary N) is 1. The first kappa shape index (κ1) is 11.6. The normalized spacial score (nSPS) is 12.4. The number of aromatic nitrogens is 3. The van der Waals surface area contributed by atoms with Gasteiger partial charge in [-0.2, -0.15) is 0 Å². The van der Waals surface area contributed by atoms with Crippen LogP contribution in [0.1, 0.15) is 18.5 Å². The van der Waals surface area contributed by atoms with Crippen molar-refractivity contribution >= 4 is 5.82 Å². The molecule has 1 unspecified atom stereocenters. The number of nitrogens with zero attached hydrogens (tertiary/aromatic N) is 3. The van der Waals surface area contributed by atoms with E-state index in [1.54, 1.807) is 10.9 Å². The van der Waals surface area contributed by atoms with Crippen molar-refractivity contribution in [3.8, 4) is 0 Å². The van der Waals surface area contributed by atoms with Crippen LogP contribution in [-0.2, 0) is 6.54 Å². The summed E-state index contributed by atoms with van der Waals surface area (Å²) < 4.78 is 1.80. The third-order valence-electron chi connectivity index (χ3n) is 2.65. The smallest absolute Gasteiger partial charge is 0.144 e. The van der Waals surface area contributed by atoms with Crippen molar-refractivity contribution in [3.05, 3.63) is 42.1 Å². The number of nitrogens with two attached hydrogens (primary N) is 1. The molecule has 5 heteroatoms. The van der Waals surface area contributed by atoms with Gasteiger partial charge in [0, 0.05) is 19.1 Å². The molecular weight excluding hydrogens is 214 g/mol. The zero-order chi connectivity index (χ0) is 12.1. The summed E-state index contributed by atoms with van der Waals surface area (Å²) in [7, 11) is 0. The minimum Gasteiger partial charge on any atom is -0.367 e. The molecule has 0 saturated heterocycles. The molecule has 0 fully saturated rings. The quantitative estimate of drug-likeness (QED) is 0.816. The Labute approximate surface area is 101 Å². The number of anilines is 1. The molecule has 0 aliphatic heterocycles. The van der Waals surface area contributed by atoms with E-state index in [0.717, 1.165) is 17.9 Å². The van der Waals surface area contributed by atoms with Gasteiger partial charge in [0.05, 0.1) is 6.20 Å². The van der Waals surface area contributed by atoms with E-state index in [-0.39, 0.29) is 6.04 Å².